The Kier molecular flexibility index (Phi) is 6.21. The van der Waals surface area contributed by atoms with Crippen molar-refractivity contribution in [1.29, 1.82) is 0 Å². The molecule has 0 radical (unpaired) electrons. The van der Waals surface area contributed by atoms with Gasteiger partial charge in [-0.2, -0.15) is 0 Å². The molecule has 0 aliphatic carbocycles. The molecule has 3 amide bonds. The maximum Gasteiger partial charge on any atom is 0.323 e. The van der Waals surface area contributed by atoms with Crippen LogP contribution in [0.15, 0.2) is 60.7 Å². The van der Waals surface area contributed by atoms with Gasteiger partial charge < -0.3 is 19.7 Å². The minimum absolute atomic E-state index is 0.0195. The molecule has 0 bridgehead atoms. The summed E-state index contributed by atoms with van der Waals surface area (Å²) in [4.78, 5) is 29.2. The van der Waals surface area contributed by atoms with Gasteiger partial charge in [-0.15, -0.1) is 11.8 Å². The minimum atomic E-state index is -1.32. The van der Waals surface area contributed by atoms with E-state index in [1.165, 1.54) is 34.7 Å². The molecule has 10 heteroatoms. The molecule has 0 saturated carbocycles. The van der Waals surface area contributed by atoms with Crippen molar-refractivity contribution in [3.8, 4) is 11.5 Å². The van der Waals surface area contributed by atoms with E-state index in [0.717, 1.165) is 12.1 Å². The minimum Gasteiger partial charge on any atom is -0.497 e. The van der Waals surface area contributed by atoms with Gasteiger partial charge in [0.05, 0.1) is 26.5 Å². The average molecular weight is 512 g/mol. The number of rotatable bonds is 5. The summed E-state index contributed by atoms with van der Waals surface area (Å²) in [5.74, 6) is -0.541. The summed E-state index contributed by atoms with van der Waals surface area (Å²) in [5.41, 5.74) is 2.19. The van der Waals surface area contributed by atoms with Gasteiger partial charge in [-0.25, -0.2) is 13.6 Å². The van der Waals surface area contributed by atoms with Crippen LogP contribution in [0.5, 0.6) is 11.5 Å². The number of methoxy groups -OCH3 is 2. The van der Waals surface area contributed by atoms with E-state index in [-0.39, 0.29) is 12.5 Å². The van der Waals surface area contributed by atoms with Crippen LogP contribution in [-0.4, -0.2) is 43.4 Å². The predicted octanol–water partition coefficient (Wildman–Crippen LogP) is 4.96. The van der Waals surface area contributed by atoms with E-state index in [9.17, 15) is 18.4 Å². The number of carbonyl (C=O) groups excluding carboxylic acids is 2. The maximum absolute atomic E-state index is 14.1. The van der Waals surface area contributed by atoms with Gasteiger partial charge >= 0.3 is 6.03 Å². The average Bonchev–Trinajstić information content (AvgIpc) is 3.43. The quantitative estimate of drug-likeness (QED) is 0.524. The highest BCUT2D eigenvalue weighted by atomic mass is 32.2. The van der Waals surface area contributed by atoms with Crippen LogP contribution in [0.25, 0.3) is 0 Å². The first kappa shape index (κ1) is 23.9. The first-order valence-electron chi connectivity index (χ1n) is 11.2. The van der Waals surface area contributed by atoms with Crippen LogP contribution < -0.4 is 19.7 Å². The first-order valence-corrected chi connectivity index (χ1v) is 12.2. The van der Waals surface area contributed by atoms with E-state index in [1.807, 2.05) is 0 Å². The number of carbonyl (C=O) groups is 2. The van der Waals surface area contributed by atoms with E-state index in [4.69, 9.17) is 9.47 Å². The molecule has 3 aromatic rings. The lowest BCUT2D eigenvalue weighted by atomic mass is 10.1. The van der Waals surface area contributed by atoms with Crippen molar-refractivity contribution in [2.24, 2.45) is 0 Å². The topological polar surface area (TPSA) is 71.1 Å². The highest BCUT2D eigenvalue weighted by Gasteiger charge is 2.59. The van der Waals surface area contributed by atoms with Gasteiger partial charge in [-0.1, -0.05) is 6.07 Å². The Morgan fingerprint density at radius 1 is 1.00 bits per heavy atom. The SMILES string of the molecule is COc1ccc(NC(=O)N2CCS[C@@]23C(=O)N(Cc2ccc(F)c(F)c2)c2ccc(OC)cc23)cc1. The summed E-state index contributed by atoms with van der Waals surface area (Å²) < 4.78 is 38.0. The van der Waals surface area contributed by atoms with Gasteiger partial charge in [0.1, 0.15) is 11.5 Å². The molecule has 1 fully saturated rings. The van der Waals surface area contributed by atoms with Crippen molar-refractivity contribution >= 4 is 35.1 Å². The highest BCUT2D eigenvalue weighted by Crippen LogP contribution is 2.55. The summed E-state index contributed by atoms with van der Waals surface area (Å²) in [6.07, 6.45) is 0. The van der Waals surface area contributed by atoms with Crippen LogP contribution in [0.4, 0.5) is 25.0 Å². The molecule has 36 heavy (non-hydrogen) atoms. The lowest BCUT2D eigenvalue weighted by molar-refractivity contribution is -0.123. The van der Waals surface area contributed by atoms with Gasteiger partial charge in [-0.05, 0) is 60.2 Å². The Balaban J connectivity index is 1.52. The van der Waals surface area contributed by atoms with E-state index in [2.05, 4.69) is 5.32 Å². The fourth-order valence-electron chi connectivity index (χ4n) is 4.56. The first-order chi connectivity index (χ1) is 17.4. The van der Waals surface area contributed by atoms with E-state index >= 15 is 0 Å². The number of anilines is 2. The Morgan fingerprint density at radius 2 is 1.72 bits per heavy atom. The molecule has 3 aromatic carbocycles. The van der Waals surface area contributed by atoms with Gasteiger partial charge in [0.15, 0.2) is 16.5 Å². The van der Waals surface area contributed by atoms with Gasteiger partial charge in [0.25, 0.3) is 5.91 Å². The second-order valence-corrected chi connectivity index (χ2v) is 9.61. The van der Waals surface area contributed by atoms with Crippen molar-refractivity contribution in [3.05, 3.63) is 83.4 Å². The number of nitrogens with one attached hydrogen (secondary N) is 1. The van der Waals surface area contributed by atoms with E-state index in [1.54, 1.807) is 49.6 Å². The number of hydrogen-bond acceptors (Lipinski definition) is 5. The van der Waals surface area contributed by atoms with Gasteiger partial charge in [0, 0.05) is 23.5 Å². The maximum atomic E-state index is 14.1. The molecule has 7 nitrogen and oxygen atoms in total. The lowest BCUT2D eigenvalue weighted by Crippen LogP contribution is -2.51. The summed E-state index contributed by atoms with van der Waals surface area (Å²) in [6.45, 7) is 0.361. The molecule has 2 heterocycles. The van der Waals surface area contributed by atoms with Crippen LogP contribution in [0, 0.1) is 11.6 Å². The van der Waals surface area contributed by atoms with Gasteiger partial charge in [-0.3, -0.25) is 9.69 Å². The third-order valence-corrected chi connectivity index (χ3v) is 7.73. The zero-order valence-electron chi connectivity index (χ0n) is 19.6. The second kappa shape index (κ2) is 9.34. The number of thioether (sulfide) groups is 1. The number of benzene rings is 3. The Bertz CT molecular complexity index is 1340. The summed E-state index contributed by atoms with van der Waals surface area (Å²) in [5, 5.41) is 2.87. The number of fused-ring (bicyclic) bond motifs is 2. The van der Waals surface area contributed by atoms with Gasteiger partial charge in [0.2, 0.25) is 0 Å². The zero-order valence-corrected chi connectivity index (χ0v) is 20.4. The Labute approximate surface area is 211 Å². The fraction of sp³-hybridized carbons (Fsp3) is 0.231. The summed E-state index contributed by atoms with van der Waals surface area (Å²) >= 11 is 1.36. The number of halogens is 2. The molecular weight excluding hydrogens is 488 g/mol. The molecule has 5 rings (SSSR count). The normalized spacial score (nSPS) is 18.5. The summed E-state index contributed by atoms with van der Waals surface area (Å²) in [6, 6.07) is 15.3. The predicted molar refractivity (Wildman–Crippen MR) is 133 cm³/mol. The molecule has 2 aliphatic rings. The molecule has 2 aliphatic heterocycles. The molecule has 186 valence electrons. The Morgan fingerprint density at radius 3 is 2.42 bits per heavy atom. The number of nitrogens with zero attached hydrogens (tertiary/aromatic N) is 2. The smallest absolute Gasteiger partial charge is 0.323 e. The summed E-state index contributed by atoms with van der Waals surface area (Å²) in [7, 11) is 3.09. The van der Waals surface area contributed by atoms with Crippen molar-refractivity contribution in [2.45, 2.75) is 11.4 Å². The third-order valence-electron chi connectivity index (χ3n) is 6.31. The number of hydrogen-bond donors (Lipinski definition) is 1. The van der Waals surface area contributed by atoms with Crippen molar-refractivity contribution in [2.75, 3.05) is 36.7 Å². The standard InChI is InChI=1S/C26H23F2N3O4S/c1-34-18-6-4-17(5-7-18)29-25(33)31-11-12-36-26(31)20-14-19(35-2)8-10-23(20)30(24(26)32)15-16-3-9-21(27)22(28)13-16/h3-10,13-14H,11-12,15H2,1-2H3,(H,29,33)/t26-/m0/s1. The van der Waals surface area contributed by atoms with Crippen molar-refractivity contribution in [1.82, 2.24) is 4.90 Å². The molecule has 1 saturated heterocycles. The molecular formula is C26H23F2N3O4S. The Hall–Kier alpha value is -3.79. The van der Waals surface area contributed by atoms with Crippen LogP contribution in [0.2, 0.25) is 0 Å². The van der Waals surface area contributed by atoms with Crippen molar-refractivity contribution in [3.63, 3.8) is 0 Å². The van der Waals surface area contributed by atoms with Crippen LogP contribution in [-0.2, 0) is 16.2 Å². The molecule has 1 atom stereocenters. The van der Waals surface area contributed by atoms with Crippen LogP contribution in [0.3, 0.4) is 0 Å². The second-order valence-electron chi connectivity index (χ2n) is 8.33. The monoisotopic (exact) mass is 511 g/mol. The molecule has 0 unspecified atom stereocenters. The van der Waals surface area contributed by atoms with E-state index in [0.29, 0.717) is 46.3 Å². The molecule has 0 aromatic heterocycles. The number of amides is 3. The zero-order chi connectivity index (χ0) is 25.4. The number of ether oxygens (including phenoxy) is 2. The van der Waals surface area contributed by atoms with Crippen molar-refractivity contribution < 1.29 is 27.8 Å². The fourth-order valence-corrected chi connectivity index (χ4v) is 6.02. The molecule has 1 N–H and O–H groups in total. The lowest BCUT2D eigenvalue weighted by Gasteiger charge is -2.33. The molecule has 1 spiro atoms. The van der Waals surface area contributed by atoms with Crippen LogP contribution in [0.1, 0.15) is 11.1 Å². The third kappa shape index (κ3) is 3.91. The highest BCUT2D eigenvalue weighted by molar-refractivity contribution is 8.01. The van der Waals surface area contributed by atoms with E-state index < -0.39 is 22.5 Å². The largest absolute Gasteiger partial charge is 0.497 e. The van der Waals surface area contributed by atoms with Crippen LogP contribution >= 0.6 is 11.8 Å². The number of urea groups is 1.